The van der Waals surface area contributed by atoms with Gasteiger partial charge in [0.2, 0.25) is 10.0 Å². The zero-order chi connectivity index (χ0) is 23.3. The van der Waals surface area contributed by atoms with Gasteiger partial charge in [0.25, 0.3) is 5.91 Å². The lowest BCUT2D eigenvalue weighted by molar-refractivity contribution is -0.160. The molecule has 7 nitrogen and oxygen atoms in total. The van der Waals surface area contributed by atoms with Gasteiger partial charge in [-0.3, -0.25) is 9.59 Å². The molecule has 2 aromatic rings. The molecule has 1 fully saturated rings. The van der Waals surface area contributed by atoms with Gasteiger partial charge in [-0.05, 0) is 56.5 Å². The average molecular weight is 479 g/mol. The first kappa shape index (κ1) is 24.2. The third-order valence-electron chi connectivity index (χ3n) is 5.49. The lowest BCUT2D eigenvalue weighted by atomic mass is 10.00. The predicted molar refractivity (Wildman–Crippen MR) is 121 cm³/mol. The van der Waals surface area contributed by atoms with Gasteiger partial charge in [-0.25, -0.2) is 8.42 Å². The summed E-state index contributed by atoms with van der Waals surface area (Å²) < 4.78 is 32.5. The van der Waals surface area contributed by atoms with Crippen LogP contribution in [0.3, 0.4) is 0 Å². The Labute approximate surface area is 193 Å². The molecule has 2 aromatic carbocycles. The molecule has 32 heavy (non-hydrogen) atoms. The molecule has 0 radical (unpaired) electrons. The lowest BCUT2D eigenvalue weighted by Crippen LogP contribution is -2.44. The van der Waals surface area contributed by atoms with Crippen molar-refractivity contribution in [1.29, 1.82) is 0 Å². The van der Waals surface area contributed by atoms with Crippen molar-refractivity contribution in [3.05, 3.63) is 65.2 Å². The Hall–Kier alpha value is -2.42. The topological polar surface area (TPSA) is 92.8 Å². The molecule has 172 valence electrons. The summed E-state index contributed by atoms with van der Waals surface area (Å²) in [5.74, 6) is -1.61. The first-order valence-electron chi connectivity index (χ1n) is 10.5. The van der Waals surface area contributed by atoms with Gasteiger partial charge in [-0.2, -0.15) is 4.31 Å². The molecule has 0 aromatic heterocycles. The van der Waals surface area contributed by atoms with Crippen LogP contribution in [0.4, 0.5) is 0 Å². The Morgan fingerprint density at radius 2 is 1.75 bits per heavy atom. The summed E-state index contributed by atoms with van der Waals surface area (Å²) in [6.07, 6.45) is 0.0373. The number of rotatable bonds is 7. The fourth-order valence-electron chi connectivity index (χ4n) is 3.59. The molecule has 1 heterocycles. The highest BCUT2D eigenvalue weighted by Crippen LogP contribution is 2.25. The molecule has 3 rings (SSSR count). The first-order chi connectivity index (χ1) is 15.2. The summed E-state index contributed by atoms with van der Waals surface area (Å²) in [7, 11) is -3.75. The van der Waals surface area contributed by atoms with Crippen LogP contribution < -0.4 is 5.32 Å². The quantitative estimate of drug-likeness (QED) is 0.614. The van der Waals surface area contributed by atoms with Gasteiger partial charge in [-0.1, -0.05) is 41.9 Å². The van der Waals surface area contributed by atoms with Gasteiger partial charge in [-0.15, -0.1) is 0 Å². The number of amides is 1. The van der Waals surface area contributed by atoms with Gasteiger partial charge < -0.3 is 10.1 Å². The fraction of sp³-hybridized carbons (Fsp3) is 0.391. The molecule has 1 N–H and O–H groups in total. The van der Waals surface area contributed by atoms with Crippen LogP contribution in [0.2, 0.25) is 5.02 Å². The highest BCUT2D eigenvalue weighted by atomic mass is 35.5. The minimum absolute atomic E-state index is 0.0125. The van der Waals surface area contributed by atoms with Crippen LogP contribution in [0.25, 0.3) is 0 Å². The minimum atomic E-state index is -3.75. The maximum atomic E-state index is 12.9. The minimum Gasteiger partial charge on any atom is -0.452 e. The monoisotopic (exact) mass is 478 g/mol. The van der Waals surface area contributed by atoms with E-state index in [1.165, 1.54) is 35.5 Å². The smallest absolute Gasteiger partial charge is 0.311 e. The highest BCUT2D eigenvalue weighted by molar-refractivity contribution is 7.89. The lowest BCUT2D eigenvalue weighted by Gasteiger charge is -2.31. The summed E-state index contributed by atoms with van der Waals surface area (Å²) >= 11 is 5.85. The van der Waals surface area contributed by atoms with Crippen LogP contribution in [0.1, 0.15) is 38.3 Å². The van der Waals surface area contributed by atoms with Crippen LogP contribution >= 0.6 is 11.6 Å². The molecule has 9 heteroatoms. The van der Waals surface area contributed by atoms with Crippen molar-refractivity contribution in [3.63, 3.8) is 0 Å². The second-order valence-corrected chi connectivity index (χ2v) is 10.3. The Morgan fingerprint density at radius 3 is 2.41 bits per heavy atom. The number of piperidine rings is 1. The number of nitrogens with one attached hydrogen (secondary N) is 1. The molecule has 3 atom stereocenters. The van der Waals surface area contributed by atoms with Crippen LogP contribution in [-0.2, 0) is 24.3 Å². The molecular weight excluding hydrogens is 452 g/mol. The number of hydrogen-bond donors (Lipinski definition) is 1. The van der Waals surface area contributed by atoms with Crippen molar-refractivity contribution in [2.24, 2.45) is 5.92 Å². The van der Waals surface area contributed by atoms with Gasteiger partial charge in [0.15, 0.2) is 6.10 Å². The summed E-state index contributed by atoms with van der Waals surface area (Å²) in [5.41, 5.74) is 0.940. The van der Waals surface area contributed by atoms with E-state index >= 15 is 0 Å². The number of ether oxygens (including phenoxy) is 1. The average Bonchev–Trinajstić information content (AvgIpc) is 2.79. The van der Waals surface area contributed by atoms with Crippen LogP contribution in [-0.4, -0.2) is 43.8 Å². The fourth-order valence-corrected chi connectivity index (χ4v) is 5.24. The van der Waals surface area contributed by atoms with E-state index in [9.17, 15) is 18.0 Å². The number of hydrogen-bond acceptors (Lipinski definition) is 5. The standard InChI is InChI=1S/C23H27ClN2O5S/c1-16(18-7-4-3-5-8-18)25-22(27)17(2)31-23(28)19-9-6-14-26(15-19)32(29,30)21-12-10-20(24)11-13-21/h3-5,7-8,10-13,16-17,19H,6,9,14-15H2,1-2H3,(H,25,27). The van der Waals surface area contributed by atoms with Crippen molar-refractivity contribution < 1.29 is 22.7 Å². The van der Waals surface area contributed by atoms with E-state index in [0.717, 1.165) is 5.56 Å². The number of benzene rings is 2. The van der Waals surface area contributed by atoms with E-state index in [2.05, 4.69) is 5.32 Å². The number of sulfonamides is 1. The van der Waals surface area contributed by atoms with Crippen LogP contribution in [0, 0.1) is 5.92 Å². The van der Waals surface area contributed by atoms with E-state index < -0.39 is 33.9 Å². The van der Waals surface area contributed by atoms with Gasteiger partial charge in [0.05, 0.1) is 16.9 Å². The van der Waals surface area contributed by atoms with Gasteiger partial charge >= 0.3 is 5.97 Å². The second kappa shape index (κ2) is 10.5. The first-order valence-corrected chi connectivity index (χ1v) is 12.3. The molecule has 0 saturated carbocycles. The normalized spacial score (nSPS) is 19.0. The third-order valence-corrected chi connectivity index (χ3v) is 7.62. The van der Waals surface area contributed by atoms with Crippen molar-refractivity contribution in [2.75, 3.05) is 13.1 Å². The van der Waals surface area contributed by atoms with E-state index in [-0.39, 0.29) is 17.5 Å². The Bertz CT molecular complexity index is 1040. The van der Waals surface area contributed by atoms with E-state index in [1.807, 2.05) is 37.3 Å². The maximum absolute atomic E-state index is 12.9. The van der Waals surface area contributed by atoms with Crippen LogP contribution in [0.5, 0.6) is 0 Å². The number of esters is 1. The van der Waals surface area contributed by atoms with Crippen molar-refractivity contribution in [2.45, 2.75) is 43.7 Å². The SMILES string of the molecule is CC(OC(=O)C1CCCN(S(=O)(=O)c2ccc(Cl)cc2)C1)C(=O)NC(C)c1ccccc1. The molecular formula is C23H27ClN2O5S. The number of nitrogens with zero attached hydrogens (tertiary/aromatic N) is 1. The second-order valence-electron chi connectivity index (χ2n) is 7.88. The zero-order valence-corrected chi connectivity index (χ0v) is 19.6. The van der Waals surface area contributed by atoms with Crippen molar-refractivity contribution in [3.8, 4) is 0 Å². The summed E-state index contributed by atoms with van der Waals surface area (Å²) in [4.78, 5) is 25.3. The largest absolute Gasteiger partial charge is 0.452 e. The Balaban J connectivity index is 1.58. The molecule has 1 saturated heterocycles. The molecule has 3 unspecified atom stereocenters. The highest BCUT2D eigenvalue weighted by Gasteiger charge is 2.35. The zero-order valence-electron chi connectivity index (χ0n) is 18.0. The summed E-state index contributed by atoms with van der Waals surface area (Å²) in [6, 6.07) is 15.1. The summed E-state index contributed by atoms with van der Waals surface area (Å²) in [5, 5.41) is 3.27. The predicted octanol–water partition coefficient (Wildman–Crippen LogP) is 3.55. The molecule has 0 aliphatic carbocycles. The summed E-state index contributed by atoms with van der Waals surface area (Å²) in [6.45, 7) is 3.69. The van der Waals surface area contributed by atoms with Crippen molar-refractivity contribution in [1.82, 2.24) is 9.62 Å². The van der Waals surface area contributed by atoms with Crippen molar-refractivity contribution >= 4 is 33.5 Å². The number of halogens is 1. The van der Waals surface area contributed by atoms with Crippen LogP contribution in [0.15, 0.2) is 59.5 Å². The van der Waals surface area contributed by atoms with E-state index in [4.69, 9.17) is 16.3 Å². The number of carbonyl (C=O) groups is 2. The number of carbonyl (C=O) groups excluding carboxylic acids is 2. The van der Waals surface area contributed by atoms with Gasteiger partial charge in [0, 0.05) is 18.1 Å². The van der Waals surface area contributed by atoms with E-state index in [0.29, 0.717) is 24.4 Å². The maximum Gasteiger partial charge on any atom is 0.311 e. The molecule has 1 aliphatic heterocycles. The molecule has 0 bridgehead atoms. The van der Waals surface area contributed by atoms with E-state index in [1.54, 1.807) is 0 Å². The van der Waals surface area contributed by atoms with Gasteiger partial charge in [0.1, 0.15) is 0 Å². The Kier molecular flexibility index (Phi) is 7.92. The molecule has 1 amide bonds. The Morgan fingerprint density at radius 1 is 1.09 bits per heavy atom. The molecule has 0 spiro atoms. The molecule has 1 aliphatic rings. The third kappa shape index (κ3) is 5.88.